The Bertz CT molecular complexity index is 3200. The Labute approximate surface area is 483 Å². The highest BCUT2D eigenvalue weighted by Gasteiger charge is 2.45. The second-order valence-electron chi connectivity index (χ2n) is 23.7. The lowest BCUT2D eigenvalue weighted by Gasteiger charge is -2.43. The quantitative estimate of drug-likeness (QED) is 0.0646. The number of piperazine rings is 2. The van der Waals surface area contributed by atoms with Gasteiger partial charge in [-0.05, 0) is 85.5 Å². The van der Waals surface area contributed by atoms with Gasteiger partial charge >= 0.3 is 0 Å². The van der Waals surface area contributed by atoms with E-state index in [1.165, 1.54) is 4.90 Å². The Balaban J connectivity index is 0.592. The number of benzene rings is 2. The number of carbonyl (C=O) groups excluding carboxylic acids is 3. The summed E-state index contributed by atoms with van der Waals surface area (Å²) in [5, 5.41) is 35.9. The number of para-hydroxylation sites is 1. The van der Waals surface area contributed by atoms with E-state index in [4.69, 9.17) is 20.2 Å². The number of nitrogens with zero attached hydrogens (tertiary/aromatic N) is 10. The van der Waals surface area contributed by atoms with Crippen LogP contribution in [0, 0.1) is 12.3 Å². The van der Waals surface area contributed by atoms with Gasteiger partial charge in [0.25, 0.3) is 0 Å². The Morgan fingerprint density at radius 2 is 1.61 bits per heavy atom. The number of carbonyl (C=O) groups is 3. The molecule has 3 amide bonds. The summed E-state index contributed by atoms with van der Waals surface area (Å²) >= 11 is 1.58. The molecule has 4 saturated heterocycles. The molecule has 11 rings (SSSR count). The lowest BCUT2D eigenvalue weighted by atomic mass is 9.85. The van der Waals surface area contributed by atoms with Crippen molar-refractivity contribution < 1.29 is 34.1 Å². The second kappa shape index (κ2) is 24.2. The number of pyridine rings is 2. The summed E-state index contributed by atoms with van der Waals surface area (Å²) in [6, 6.07) is 23.8. The number of aliphatic hydroxyl groups is 1. The van der Waals surface area contributed by atoms with Crippen molar-refractivity contribution in [2.75, 3.05) is 79.4 Å². The minimum Gasteiger partial charge on any atom is -0.507 e. The number of phenols is 1. The van der Waals surface area contributed by atoms with Crippen molar-refractivity contribution in [3.05, 3.63) is 114 Å². The molecule has 6 atom stereocenters. The monoisotopic (exact) mass is 1130 g/mol. The smallest absolute Gasteiger partial charge is 0.246 e. The number of anilines is 4. The number of nitrogens with one attached hydrogen (secondary N) is 2. The predicted molar refractivity (Wildman–Crippen MR) is 316 cm³/mol. The van der Waals surface area contributed by atoms with Gasteiger partial charge in [0.05, 0.1) is 58.9 Å². The number of hydrogen-bond acceptors (Lipinski definition) is 18. The summed E-state index contributed by atoms with van der Waals surface area (Å²) < 4.78 is 12.6. The van der Waals surface area contributed by atoms with Crippen LogP contribution in [-0.2, 0) is 25.5 Å². The minimum atomic E-state index is -0.911. The van der Waals surface area contributed by atoms with Crippen LogP contribution in [0.25, 0.3) is 21.7 Å². The van der Waals surface area contributed by atoms with Gasteiger partial charge in [0, 0.05) is 107 Å². The molecule has 2 aromatic carbocycles. The van der Waals surface area contributed by atoms with E-state index >= 15 is 0 Å². The molecule has 5 aliphatic rings. The van der Waals surface area contributed by atoms with Crippen LogP contribution in [0.4, 0.5) is 23.0 Å². The van der Waals surface area contributed by atoms with Gasteiger partial charge in [-0.2, -0.15) is 0 Å². The average Bonchev–Trinajstić information content (AvgIpc) is 4.25. The van der Waals surface area contributed by atoms with Crippen LogP contribution >= 0.6 is 11.3 Å². The molecule has 82 heavy (non-hydrogen) atoms. The molecule has 6 N–H and O–H groups in total. The number of aliphatic hydroxyl groups excluding tert-OH is 1. The molecule has 1 aliphatic carbocycles. The zero-order valence-electron chi connectivity index (χ0n) is 47.4. The number of amides is 3. The first-order valence-electron chi connectivity index (χ1n) is 28.7. The second-order valence-corrected chi connectivity index (χ2v) is 24.5. The van der Waals surface area contributed by atoms with E-state index in [-0.39, 0.29) is 73.3 Å². The van der Waals surface area contributed by atoms with Crippen molar-refractivity contribution in [2.24, 2.45) is 5.41 Å². The number of thiazole rings is 1. The maximum Gasteiger partial charge on any atom is 0.246 e. The molecule has 2 bridgehead atoms. The molecule has 0 spiro atoms. The van der Waals surface area contributed by atoms with Gasteiger partial charge in [-0.1, -0.05) is 63.2 Å². The van der Waals surface area contributed by atoms with E-state index in [1.54, 1.807) is 23.5 Å². The van der Waals surface area contributed by atoms with Crippen LogP contribution in [0.2, 0.25) is 0 Å². The maximum atomic E-state index is 14.3. The minimum absolute atomic E-state index is 0.00747. The predicted octanol–water partition coefficient (Wildman–Crippen LogP) is 6.17. The van der Waals surface area contributed by atoms with Crippen molar-refractivity contribution in [3.8, 4) is 33.3 Å². The zero-order chi connectivity index (χ0) is 57.2. The average molecular weight is 1130 g/mol. The zero-order valence-corrected chi connectivity index (χ0v) is 48.2. The SMILES string of the molecule is Cc1ncsc1-c1ccc([C@H](C)NC(=O)[C@@H]2C[C@@H](O)CN2C(=O)[C@@H](NC(=O)CN2CCN(c3ccc(CCOC4CC(Oc5cc(N6C7CCC6CN(c6cc(-c8ccccc8O)nnc6N)C7)ccn5)C4)cn3)CC2)C(C)(C)C)cc1. The summed E-state index contributed by atoms with van der Waals surface area (Å²) in [4.78, 5) is 67.1. The molecule has 20 nitrogen and oxygen atoms in total. The number of aryl methyl sites for hydroxylation is 1. The molecule has 6 aromatic rings. The van der Waals surface area contributed by atoms with Gasteiger partial charge in [-0.3, -0.25) is 19.3 Å². The number of nitrogen functional groups attached to an aromatic ring is 1. The van der Waals surface area contributed by atoms with Crippen molar-refractivity contribution in [1.29, 1.82) is 0 Å². The lowest BCUT2D eigenvalue weighted by molar-refractivity contribution is -0.144. The maximum absolute atomic E-state index is 14.3. The Kier molecular flexibility index (Phi) is 16.6. The van der Waals surface area contributed by atoms with Gasteiger partial charge in [0.15, 0.2) is 5.82 Å². The number of aromatic nitrogens is 5. The largest absolute Gasteiger partial charge is 0.507 e. The molecule has 8 heterocycles. The fourth-order valence-corrected chi connectivity index (χ4v) is 13.0. The number of fused-ring (bicyclic) bond motifs is 2. The Morgan fingerprint density at radius 3 is 2.30 bits per heavy atom. The molecule has 4 aromatic heterocycles. The fraction of sp³-hybridized carbons (Fsp3) is 0.475. The Morgan fingerprint density at radius 1 is 0.854 bits per heavy atom. The van der Waals surface area contributed by atoms with E-state index < -0.39 is 23.6 Å². The molecule has 1 saturated carbocycles. The highest BCUT2D eigenvalue weighted by Crippen LogP contribution is 2.40. The molecule has 21 heteroatoms. The van der Waals surface area contributed by atoms with Crippen LogP contribution in [-0.4, -0.2) is 164 Å². The highest BCUT2D eigenvalue weighted by molar-refractivity contribution is 7.13. The van der Waals surface area contributed by atoms with Gasteiger partial charge in [-0.25, -0.2) is 15.0 Å². The van der Waals surface area contributed by atoms with Crippen LogP contribution in [0.5, 0.6) is 11.6 Å². The molecule has 4 aliphatic heterocycles. The Hall–Kier alpha value is -7.46. The molecule has 432 valence electrons. The first kappa shape index (κ1) is 56.4. The molecule has 2 unspecified atom stereocenters. The van der Waals surface area contributed by atoms with Crippen molar-refractivity contribution >= 4 is 52.1 Å². The standard InChI is InChI=1S/C61H75N13O7S/c1-37(40-11-13-41(14-12-40)56-38(2)65-36-82-56)66-59(78)51-27-45(75)34-73(51)60(79)57(61(3,4)5)67-54(77)35-70-21-23-71(24-22-70)53-17-10-39(31-64-53)19-25-80-46-28-47(29-46)81-55-26-42(18-20-63-55)74-43-15-16-44(74)33-72(32-43)50-30-49(68-69-58(50)62)48-8-6-7-9-52(48)76/h6-14,17-18,20,26,30-31,36-37,43-47,51,57,75-76H,15-16,19,21-25,27-29,32-35H2,1-5H3,(H2,62,69)(H,66,78)(H,67,77)/t37-,43?,44?,45+,46?,47?,51-,57+/m0/s1. The first-order valence-corrected chi connectivity index (χ1v) is 29.6. The third-order valence-corrected chi connectivity index (χ3v) is 17.8. The van der Waals surface area contributed by atoms with Crippen LogP contribution in [0.3, 0.4) is 0 Å². The summed E-state index contributed by atoms with van der Waals surface area (Å²) in [6.45, 7) is 14.5. The number of aromatic hydroxyl groups is 1. The summed E-state index contributed by atoms with van der Waals surface area (Å²) in [5.74, 6) is 1.04. The van der Waals surface area contributed by atoms with Crippen molar-refractivity contribution in [3.63, 3.8) is 0 Å². The molecule has 0 radical (unpaired) electrons. The third kappa shape index (κ3) is 12.6. The van der Waals surface area contributed by atoms with Crippen LogP contribution in [0.1, 0.15) is 82.7 Å². The molecule has 5 fully saturated rings. The van der Waals surface area contributed by atoms with Gasteiger partial charge in [-0.15, -0.1) is 21.5 Å². The lowest BCUT2D eigenvalue weighted by Crippen LogP contribution is -2.59. The molecular formula is C61H75N13O7S. The van der Waals surface area contributed by atoms with Crippen molar-refractivity contribution in [2.45, 2.75) is 122 Å². The third-order valence-electron chi connectivity index (χ3n) is 16.8. The van der Waals surface area contributed by atoms with E-state index in [0.717, 1.165) is 89.6 Å². The van der Waals surface area contributed by atoms with E-state index in [9.17, 15) is 24.6 Å². The number of ether oxygens (including phenoxy) is 2. The molecular weight excluding hydrogens is 1060 g/mol. The van der Waals surface area contributed by atoms with Crippen LogP contribution < -0.4 is 35.8 Å². The van der Waals surface area contributed by atoms with Crippen molar-refractivity contribution in [1.82, 2.24) is 45.6 Å². The number of hydrogen-bond donors (Lipinski definition) is 5. The van der Waals surface area contributed by atoms with Gasteiger partial charge in [0.2, 0.25) is 23.6 Å². The highest BCUT2D eigenvalue weighted by atomic mass is 32.1. The van der Waals surface area contributed by atoms with Gasteiger partial charge in [0.1, 0.15) is 29.8 Å². The normalized spacial score (nSPS) is 22.6. The van der Waals surface area contributed by atoms with E-state index in [2.05, 4.69) is 68.6 Å². The number of rotatable bonds is 18. The summed E-state index contributed by atoms with van der Waals surface area (Å²) in [7, 11) is 0. The number of nitrogens with two attached hydrogens (primary N) is 1. The number of likely N-dealkylation sites (tertiary alicyclic amines) is 1. The van der Waals surface area contributed by atoms with E-state index in [0.29, 0.717) is 55.7 Å². The number of β-amino-alcohol motifs (C(OH)–C–C–N with tert-alkyl or cyclic N) is 1. The fourth-order valence-electron chi connectivity index (χ4n) is 12.2. The topological polar surface area (TPSA) is 241 Å². The number of phenolic OH excluding ortho intramolecular Hbond substituents is 1. The first-order chi connectivity index (χ1) is 39.5. The summed E-state index contributed by atoms with van der Waals surface area (Å²) in [6.07, 6.45) is 7.63. The van der Waals surface area contributed by atoms with Crippen LogP contribution in [0.15, 0.2) is 96.8 Å². The van der Waals surface area contributed by atoms with Gasteiger partial charge < -0.3 is 55.7 Å². The summed E-state index contributed by atoms with van der Waals surface area (Å²) in [5.41, 5.74) is 14.7. The van der Waals surface area contributed by atoms with E-state index in [1.807, 2.05) is 101 Å².